The Balaban J connectivity index is 1.75. The summed E-state index contributed by atoms with van der Waals surface area (Å²) in [4.78, 5) is 50.8. The Morgan fingerprint density at radius 1 is 0.423 bits per heavy atom. The number of carbonyl (C=O) groups is 3. The summed E-state index contributed by atoms with van der Waals surface area (Å²) in [5.41, 5.74) is 0. The van der Waals surface area contributed by atoms with Gasteiger partial charge in [-0.25, -0.2) is 9.36 Å². The molecule has 25 heteroatoms. The molecule has 3 fully saturated rings. The van der Waals surface area contributed by atoms with Crippen molar-refractivity contribution in [3.8, 4) is 0 Å². The Kier molecular flexibility index (Phi) is 49.1. The first kappa shape index (κ1) is 88.4. The van der Waals surface area contributed by atoms with E-state index in [9.17, 15) is 74.9 Å². The molecule has 18 atom stereocenters. The highest BCUT2D eigenvalue weighted by Crippen LogP contribution is 2.49. The van der Waals surface area contributed by atoms with Crippen LogP contribution in [0.25, 0.3) is 0 Å². The Morgan fingerprint density at radius 3 is 1.26 bits per heavy atom. The van der Waals surface area contributed by atoms with Crippen LogP contribution in [0.3, 0.4) is 0 Å². The summed E-state index contributed by atoms with van der Waals surface area (Å²) in [7, 11) is -5.70. The molecule has 0 bridgehead atoms. The molecule has 1 saturated carbocycles. The zero-order valence-electron chi connectivity index (χ0n) is 58.9. The summed E-state index contributed by atoms with van der Waals surface area (Å²) in [5.74, 6) is -2.23. The van der Waals surface area contributed by atoms with E-state index in [0.717, 1.165) is 115 Å². The number of ether oxygens (including phenoxy) is 7. The van der Waals surface area contributed by atoms with Gasteiger partial charge in [-0.05, 0) is 51.4 Å². The molecule has 2 saturated heterocycles. The van der Waals surface area contributed by atoms with E-state index in [1.807, 2.05) is 6.08 Å². The minimum atomic E-state index is -5.70. The van der Waals surface area contributed by atoms with Crippen molar-refractivity contribution in [3.63, 3.8) is 0 Å². The highest BCUT2D eigenvalue weighted by atomic mass is 31.2. The molecule has 3 aliphatic rings. The second-order valence-electron chi connectivity index (χ2n) is 26.7. The highest BCUT2D eigenvalue weighted by molar-refractivity contribution is 7.47. The molecular weight excluding hydrogens is 1280 g/mol. The summed E-state index contributed by atoms with van der Waals surface area (Å²) >= 11 is 0. The van der Waals surface area contributed by atoms with Crippen LogP contribution < -0.4 is 0 Å². The van der Waals surface area contributed by atoms with Gasteiger partial charge in [0.05, 0.1) is 13.2 Å². The van der Waals surface area contributed by atoms with Gasteiger partial charge in [0.15, 0.2) is 18.7 Å². The van der Waals surface area contributed by atoms with Crippen molar-refractivity contribution in [1.82, 2.24) is 0 Å². The largest absolute Gasteiger partial charge is 0.472 e. The van der Waals surface area contributed by atoms with Gasteiger partial charge >= 0.3 is 25.7 Å². The summed E-state index contributed by atoms with van der Waals surface area (Å²) in [6.45, 7) is 3.33. The quantitative estimate of drug-likeness (QED) is 0.00513. The van der Waals surface area contributed by atoms with E-state index in [0.29, 0.717) is 12.8 Å². The van der Waals surface area contributed by atoms with Crippen LogP contribution in [0, 0.1) is 0 Å². The van der Waals surface area contributed by atoms with E-state index in [1.54, 1.807) is 6.08 Å². The van der Waals surface area contributed by atoms with Gasteiger partial charge < -0.3 is 89.1 Å². The number of carbonyl (C=O) groups excluding carboxylic acids is 3. The van der Waals surface area contributed by atoms with Gasteiger partial charge in [-0.3, -0.25) is 18.6 Å². The van der Waals surface area contributed by atoms with Crippen molar-refractivity contribution in [2.75, 3.05) is 26.4 Å². The van der Waals surface area contributed by atoms with Gasteiger partial charge in [0, 0.05) is 18.9 Å². The maximum atomic E-state index is 14.3. The zero-order valence-corrected chi connectivity index (χ0v) is 59.8. The lowest BCUT2D eigenvalue weighted by Crippen LogP contribution is -2.69. The lowest BCUT2D eigenvalue weighted by atomic mass is 9.84. The summed E-state index contributed by atoms with van der Waals surface area (Å²) in [5, 5.41) is 110. The first-order valence-electron chi connectivity index (χ1n) is 37.3. The molecule has 3 rings (SSSR count). The maximum Gasteiger partial charge on any atom is 0.472 e. The lowest BCUT2D eigenvalue weighted by Gasteiger charge is -2.49. The summed E-state index contributed by atoms with van der Waals surface area (Å²) in [6, 6.07) is 0. The minimum Gasteiger partial charge on any atom is -0.462 e. The fourth-order valence-corrected chi connectivity index (χ4v) is 13.1. The molecule has 2 heterocycles. The molecule has 18 unspecified atom stereocenters. The van der Waals surface area contributed by atoms with Crippen LogP contribution in [0.5, 0.6) is 0 Å². The summed E-state index contributed by atoms with van der Waals surface area (Å²) in [6.07, 6.45) is 15.6. The number of aliphatic hydroxyl groups excluding tert-OH is 10. The number of rotatable bonds is 57. The molecular formula is C72H129O24P. The smallest absolute Gasteiger partial charge is 0.462 e. The molecule has 0 aromatic carbocycles. The standard InChI is InChI=1S/C72H129O24P/c1-4-7-10-13-16-19-22-25-27-29-32-35-38-41-44-47-57(75)89-52-55-60(78)62(80)67(85)72(93-55)95-69-65(83)63(81)64(82)68(94-71-66(84)61(79)59(77)54(49-73)92-71)70(69)96-97(86,87)90-51-53(50-88-56(74)46-43-40-37-34-31-24-21-18-15-12-9-6-3)91-58(76)48-45-42-39-36-33-30-28-26-23-20-17-14-11-8-5-2/h20,23,38,41,44,47,53-55,59-73,77-85H,4-19,21-22,24-37,39-40,42-43,45-46,48-52H2,1-3H3,(H,86,87)/b23-20-,41-38+,47-44+. The molecule has 24 nitrogen and oxygen atoms in total. The molecule has 0 radical (unpaired) electrons. The normalized spacial score (nSPS) is 28.0. The molecule has 0 spiro atoms. The highest BCUT2D eigenvalue weighted by Gasteiger charge is 2.58. The average Bonchev–Trinajstić information content (AvgIpc) is 0.865. The van der Waals surface area contributed by atoms with Gasteiger partial charge in [0.2, 0.25) is 0 Å². The van der Waals surface area contributed by atoms with E-state index in [-0.39, 0.29) is 12.8 Å². The Bertz CT molecular complexity index is 2150. The third-order valence-corrected chi connectivity index (χ3v) is 19.2. The molecule has 97 heavy (non-hydrogen) atoms. The number of aliphatic hydroxyl groups is 10. The molecule has 2 aliphatic heterocycles. The van der Waals surface area contributed by atoms with E-state index < -0.39 is 156 Å². The molecule has 11 N–H and O–H groups in total. The molecule has 0 aromatic rings. The first-order valence-corrected chi connectivity index (χ1v) is 38.8. The van der Waals surface area contributed by atoms with Crippen LogP contribution in [-0.2, 0) is 61.2 Å². The van der Waals surface area contributed by atoms with Crippen LogP contribution in [-0.4, -0.2) is 204 Å². The molecule has 0 aromatic heterocycles. The van der Waals surface area contributed by atoms with Gasteiger partial charge in [-0.2, -0.15) is 0 Å². The van der Waals surface area contributed by atoms with Crippen molar-refractivity contribution in [3.05, 3.63) is 36.5 Å². The van der Waals surface area contributed by atoms with E-state index in [2.05, 4.69) is 32.9 Å². The van der Waals surface area contributed by atoms with Gasteiger partial charge in [0.25, 0.3) is 0 Å². The van der Waals surface area contributed by atoms with Crippen LogP contribution in [0.1, 0.15) is 271 Å². The third-order valence-electron chi connectivity index (χ3n) is 18.2. The number of unbranched alkanes of at least 4 members (excludes halogenated alkanes) is 33. The third kappa shape index (κ3) is 37.3. The average molecular weight is 1410 g/mol. The van der Waals surface area contributed by atoms with Crippen LogP contribution in [0.2, 0.25) is 0 Å². The van der Waals surface area contributed by atoms with Crippen molar-refractivity contribution >= 4 is 25.7 Å². The zero-order chi connectivity index (χ0) is 71.1. The Morgan fingerprint density at radius 2 is 0.804 bits per heavy atom. The number of hydrogen-bond donors (Lipinski definition) is 11. The predicted molar refractivity (Wildman–Crippen MR) is 365 cm³/mol. The van der Waals surface area contributed by atoms with Gasteiger partial charge in [-0.1, -0.05) is 237 Å². The number of phosphoric acid groups is 1. The van der Waals surface area contributed by atoms with Gasteiger partial charge in [0.1, 0.15) is 98.7 Å². The second-order valence-corrected chi connectivity index (χ2v) is 28.1. The maximum absolute atomic E-state index is 14.3. The van der Waals surface area contributed by atoms with Gasteiger partial charge in [-0.15, -0.1) is 0 Å². The number of phosphoric ester groups is 1. The summed E-state index contributed by atoms with van der Waals surface area (Å²) < 4.78 is 64.8. The Hall–Kier alpha value is -2.82. The van der Waals surface area contributed by atoms with Crippen LogP contribution in [0.4, 0.5) is 0 Å². The topological polar surface area (TPSA) is 374 Å². The monoisotopic (exact) mass is 1410 g/mol. The number of allylic oxidation sites excluding steroid dienone is 5. The van der Waals surface area contributed by atoms with Crippen molar-refractivity contribution < 1.29 is 117 Å². The van der Waals surface area contributed by atoms with Crippen molar-refractivity contribution in [2.45, 2.75) is 375 Å². The molecule has 1 aliphatic carbocycles. The Labute approximate surface area is 578 Å². The number of esters is 3. The SMILES string of the molecule is CCCCCC/C=C\CCCCCCCCCC(=O)OC(COC(=O)CCCCCCCCCCCCCC)COP(=O)(O)OC1C(OC2OC(CO)C(O)C(O)C2O)C(O)C(O)C(O)C1OC1OC(COC(=O)/C=C/C=C/CCCCCCCCCCCCC)C(O)C(O)C1O. The fraction of sp³-hybridized carbons (Fsp3) is 0.875. The van der Waals surface area contributed by atoms with Crippen molar-refractivity contribution in [2.24, 2.45) is 0 Å². The minimum absolute atomic E-state index is 0.0435. The predicted octanol–water partition coefficient (Wildman–Crippen LogP) is 9.90. The fourth-order valence-electron chi connectivity index (χ4n) is 12.1. The first-order chi connectivity index (χ1) is 46.8. The molecule has 0 amide bonds. The van der Waals surface area contributed by atoms with E-state index in [1.165, 1.54) is 122 Å². The van der Waals surface area contributed by atoms with E-state index in [4.69, 9.17) is 42.2 Å². The lowest BCUT2D eigenvalue weighted by molar-refractivity contribution is -0.360. The van der Waals surface area contributed by atoms with Crippen LogP contribution >= 0.6 is 7.82 Å². The molecule has 566 valence electrons. The number of hydrogen-bond acceptors (Lipinski definition) is 23. The van der Waals surface area contributed by atoms with E-state index >= 15 is 0 Å². The second kappa shape index (κ2) is 53.9. The van der Waals surface area contributed by atoms with Crippen molar-refractivity contribution in [1.29, 1.82) is 0 Å². The van der Waals surface area contributed by atoms with Crippen LogP contribution in [0.15, 0.2) is 36.5 Å².